The van der Waals surface area contributed by atoms with Gasteiger partial charge in [0.15, 0.2) is 0 Å². The summed E-state index contributed by atoms with van der Waals surface area (Å²) in [6.45, 7) is 8.65. The van der Waals surface area contributed by atoms with Crippen molar-refractivity contribution in [3.63, 3.8) is 0 Å². The molecule has 1 aliphatic carbocycles. The lowest BCUT2D eigenvalue weighted by Crippen LogP contribution is -2.51. The first-order valence-corrected chi connectivity index (χ1v) is 8.03. The third-order valence-electron chi connectivity index (χ3n) is 4.73. The molecule has 3 heteroatoms. The summed E-state index contributed by atoms with van der Waals surface area (Å²) in [5.74, 6) is 0.308. The lowest BCUT2D eigenvalue weighted by atomic mass is 9.75. The predicted molar refractivity (Wildman–Crippen MR) is 79.1 cm³/mol. The second-order valence-corrected chi connectivity index (χ2v) is 7.23. The molecule has 0 aromatic rings. The fourth-order valence-corrected chi connectivity index (χ4v) is 3.65. The van der Waals surface area contributed by atoms with E-state index in [0.717, 1.165) is 13.1 Å². The van der Waals surface area contributed by atoms with E-state index in [0.29, 0.717) is 17.4 Å². The Morgan fingerprint density at radius 2 is 1.89 bits per heavy atom. The van der Waals surface area contributed by atoms with Crippen LogP contribution >= 0.6 is 0 Å². The molecule has 1 heterocycles. The lowest BCUT2D eigenvalue weighted by molar-refractivity contribution is -0.134. The number of carbonyl (C=O) groups is 1. The molecule has 2 fully saturated rings. The minimum atomic E-state index is -0.0167. The van der Waals surface area contributed by atoms with Crippen molar-refractivity contribution < 1.29 is 4.79 Å². The first-order chi connectivity index (χ1) is 8.98. The molecule has 0 aromatic carbocycles. The van der Waals surface area contributed by atoms with Crippen LogP contribution in [0, 0.1) is 5.41 Å². The van der Waals surface area contributed by atoms with Gasteiger partial charge in [-0.15, -0.1) is 0 Å². The maximum Gasteiger partial charge on any atom is 0.239 e. The number of likely N-dealkylation sites (tertiary alicyclic amines) is 1. The van der Waals surface area contributed by atoms with Crippen LogP contribution in [0.2, 0.25) is 0 Å². The third-order valence-corrected chi connectivity index (χ3v) is 4.73. The molecule has 0 spiro atoms. The highest BCUT2D eigenvalue weighted by Gasteiger charge is 2.30. The van der Waals surface area contributed by atoms with Crippen molar-refractivity contribution in [1.29, 1.82) is 0 Å². The van der Waals surface area contributed by atoms with E-state index in [1.54, 1.807) is 0 Å². The van der Waals surface area contributed by atoms with Crippen LogP contribution in [0.5, 0.6) is 0 Å². The van der Waals surface area contributed by atoms with Crippen molar-refractivity contribution >= 4 is 5.91 Å². The zero-order valence-electron chi connectivity index (χ0n) is 12.9. The standard InChI is InChI=1S/C16H30N2O/c1-13(15(19)18-10-5-4-6-11-18)17-14-8-7-9-16(2,3)12-14/h13-14,17H,4-12H2,1-3H3. The van der Waals surface area contributed by atoms with Gasteiger partial charge in [0.25, 0.3) is 0 Å². The summed E-state index contributed by atoms with van der Waals surface area (Å²) in [5, 5.41) is 3.58. The molecular weight excluding hydrogens is 236 g/mol. The highest BCUT2D eigenvalue weighted by atomic mass is 16.2. The molecule has 1 amide bonds. The molecule has 2 aliphatic rings. The van der Waals surface area contributed by atoms with Crippen molar-refractivity contribution in [2.24, 2.45) is 5.41 Å². The van der Waals surface area contributed by atoms with Crippen LogP contribution in [0.15, 0.2) is 0 Å². The minimum absolute atomic E-state index is 0.0167. The van der Waals surface area contributed by atoms with Crippen molar-refractivity contribution in [3.05, 3.63) is 0 Å². The first kappa shape index (κ1) is 14.8. The SMILES string of the molecule is CC(NC1CCCC(C)(C)C1)C(=O)N1CCCCC1. The molecule has 1 saturated carbocycles. The van der Waals surface area contributed by atoms with Gasteiger partial charge in [-0.25, -0.2) is 0 Å². The normalized spacial score (nSPS) is 29.0. The van der Waals surface area contributed by atoms with Crippen LogP contribution < -0.4 is 5.32 Å². The fraction of sp³-hybridized carbons (Fsp3) is 0.938. The van der Waals surface area contributed by atoms with Gasteiger partial charge >= 0.3 is 0 Å². The second kappa shape index (κ2) is 6.25. The molecule has 2 atom stereocenters. The number of amides is 1. The molecule has 110 valence electrons. The van der Waals surface area contributed by atoms with E-state index in [1.165, 1.54) is 44.9 Å². The van der Waals surface area contributed by atoms with Crippen molar-refractivity contribution in [2.45, 2.75) is 77.8 Å². The smallest absolute Gasteiger partial charge is 0.239 e. The van der Waals surface area contributed by atoms with E-state index < -0.39 is 0 Å². The average Bonchev–Trinajstić information content (AvgIpc) is 2.37. The minimum Gasteiger partial charge on any atom is -0.341 e. The molecule has 0 radical (unpaired) electrons. The van der Waals surface area contributed by atoms with Gasteiger partial charge in [-0.2, -0.15) is 0 Å². The van der Waals surface area contributed by atoms with Gasteiger partial charge in [0, 0.05) is 19.1 Å². The number of nitrogens with one attached hydrogen (secondary N) is 1. The molecule has 0 bridgehead atoms. The Morgan fingerprint density at radius 3 is 2.53 bits per heavy atom. The summed E-state index contributed by atoms with van der Waals surface area (Å²) in [5.41, 5.74) is 0.434. The van der Waals surface area contributed by atoms with Gasteiger partial charge in [-0.05, 0) is 50.9 Å². The van der Waals surface area contributed by atoms with E-state index in [2.05, 4.69) is 24.1 Å². The van der Waals surface area contributed by atoms with Crippen molar-refractivity contribution in [1.82, 2.24) is 10.2 Å². The Morgan fingerprint density at radius 1 is 1.21 bits per heavy atom. The maximum absolute atomic E-state index is 12.4. The van der Waals surface area contributed by atoms with E-state index in [4.69, 9.17) is 0 Å². The van der Waals surface area contributed by atoms with Crippen LogP contribution in [0.4, 0.5) is 0 Å². The van der Waals surface area contributed by atoms with Crippen LogP contribution in [-0.4, -0.2) is 36.0 Å². The molecule has 0 aromatic heterocycles. The van der Waals surface area contributed by atoms with Gasteiger partial charge in [0.05, 0.1) is 6.04 Å². The summed E-state index contributed by atoms with van der Waals surface area (Å²) in [6.07, 6.45) is 8.66. The van der Waals surface area contributed by atoms with Gasteiger partial charge in [-0.3, -0.25) is 4.79 Å². The Kier molecular flexibility index (Phi) is 4.88. The Bertz CT molecular complexity index is 308. The predicted octanol–water partition coefficient (Wildman–Crippen LogP) is 2.95. The number of hydrogen-bond acceptors (Lipinski definition) is 2. The van der Waals surface area contributed by atoms with Gasteiger partial charge in [-0.1, -0.05) is 20.3 Å². The van der Waals surface area contributed by atoms with Crippen LogP contribution in [0.1, 0.15) is 65.7 Å². The molecule has 2 rings (SSSR count). The molecular formula is C16H30N2O. The summed E-state index contributed by atoms with van der Waals surface area (Å²) >= 11 is 0. The zero-order chi connectivity index (χ0) is 13.9. The van der Waals surface area contributed by atoms with E-state index >= 15 is 0 Å². The van der Waals surface area contributed by atoms with Crippen LogP contribution in [-0.2, 0) is 4.79 Å². The zero-order valence-corrected chi connectivity index (χ0v) is 12.9. The Balaban J connectivity index is 1.82. The van der Waals surface area contributed by atoms with Crippen LogP contribution in [0.3, 0.4) is 0 Å². The van der Waals surface area contributed by atoms with E-state index in [9.17, 15) is 4.79 Å². The number of rotatable bonds is 3. The number of hydrogen-bond donors (Lipinski definition) is 1. The number of piperidine rings is 1. The summed E-state index contributed by atoms with van der Waals surface area (Å²) in [4.78, 5) is 14.4. The molecule has 3 nitrogen and oxygen atoms in total. The maximum atomic E-state index is 12.4. The lowest BCUT2D eigenvalue weighted by Gasteiger charge is -2.38. The Hall–Kier alpha value is -0.570. The molecule has 1 N–H and O–H groups in total. The topological polar surface area (TPSA) is 32.3 Å². The third kappa shape index (κ3) is 4.20. The molecule has 1 saturated heterocycles. The average molecular weight is 266 g/mol. The monoisotopic (exact) mass is 266 g/mol. The van der Waals surface area contributed by atoms with Crippen molar-refractivity contribution in [3.8, 4) is 0 Å². The summed E-state index contributed by atoms with van der Waals surface area (Å²) in [6, 6.07) is 0.504. The molecule has 19 heavy (non-hydrogen) atoms. The van der Waals surface area contributed by atoms with Gasteiger partial charge in [0.2, 0.25) is 5.91 Å². The van der Waals surface area contributed by atoms with Gasteiger partial charge < -0.3 is 10.2 Å². The number of nitrogens with zero attached hydrogens (tertiary/aromatic N) is 1. The van der Waals surface area contributed by atoms with Crippen LogP contribution in [0.25, 0.3) is 0 Å². The molecule has 1 aliphatic heterocycles. The largest absolute Gasteiger partial charge is 0.341 e. The van der Waals surface area contributed by atoms with E-state index in [1.807, 2.05) is 6.92 Å². The highest BCUT2D eigenvalue weighted by Crippen LogP contribution is 2.35. The second-order valence-electron chi connectivity index (χ2n) is 7.23. The molecule has 2 unspecified atom stereocenters. The number of carbonyl (C=O) groups excluding carboxylic acids is 1. The fourth-order valence-electron chi connectivity index (χ4n) is 3.65. The van der Waals surface area contributed by atoms with Crippen molar-refractivity contribution in [2.75, 3.05) is 13.1 Å². The Labute approximate surface area is 118 Å². The highest BCUT2D eigenvalue weighted by molar-refractivity contribution is 5.81. The first-order valence-electron chi connectivity index (χ1n) is 8.03. The van der Waals surface area contributed by atoms with E-state index in [-0.39, 0.29) is 6.04 Å². The quantitative estimate of drug-likeness (QED) is 0.852. The summed E-state index contributed by atoms with van der Waals surface area (Å²) < 4.78 is 0. The van der Waals surface area contributed by atoms with Gasteiger partial charge in [0.1, 0.15) is 0 Å². The summed E-state index contributed by atoms with van der Waals surface area (Å²) in [7, 11) is 0.